The lowest BCUT2D eigenvalue weighted by Gasteiger charge is -2.35. The molecular weight excluding hydrogens is 300 g/mol. The number of aryl methyl sites for hydroxylation is 1. The lowest BCUT2D eigenvalue weighted by Crippen LogP contribution is -2.47. The van der Waals surface area contributed by atoms with Gasteiger partial charge in [-0.1, -0.05) is 19.9 Å². The monoisotopic (exact) mass is 326 g/mol. The maximum Gasteiger partial charge on any atom is 0.227 e. The highest BCUT2D eigenvalue weighted by Crippen LogP contribution is 2.18. The van der Waals surface area contributed by atoms with E-state index >= 15 is 0 Å². The molecule has 1 saturated heterocycles. The van der Waals surface area contributed by atoms with Gasteiger partial charge in [0.25, 0.3) is 0 Å². The van der Waals surface area contributed by atoms with Gasteiger partial charge in [0, 0.05) is 50.7 Å². The summed E-state index contributed by atoms with van der Waals surface area (Å²) >= 11 is 0. The normalized spacial score (nSPS) is 15.0. The van der Waals surface area contributed by atoms with Crippen molar-refractivity contribution in [2.75, 3.05) is 47.8 Å². The zero-order chi connectivity index (χ0) is 16.9. The van der Waals surface area contributed by atoms with E-state index in [2.05, 4.69) is 45.0 Å². The summed E-state index contributed by atoms with van der Waals surface area (Å²) in [5, 5.41) is 3.40. The van der Waals surface area contributed by atoms with Crippen molar-refractivity contribution in [1.82, 2.24) is 15.0 Å². The van der Waals surface area contributed by atoms with Crippen LogP contribution in [0.2, 0.25) is 0 Å². The van der Waals surface area contributed by atoms with Crippen LogP contribution in [-0.2, 0) is 0 Å². The fraction of sp³-hybridized carbons (Fsp3) is 0.500. The molecule has 1 N–H and O–H groups in total. The molecule has 0 radical (unpaired) electrons. The second-order valence-electron chi connectivity index (χ2n) is 6.63. The molecule has 2 aromatic heterocycles. The highest BCUT2D eigenvalue weighted by atomic mass is 15.3. The first-order valence-electron chi connectivity index (χ1n) is 8.62. The van der Waals surface area contributed by atoms with Gasteiger partial charge < -0.3 is 15.1 Å². The third-order valence-corrected chi connectivity index (χ3v) is 4.07. The van der Waals surface area contributed by atoms with Crippen molar-refractivity contribution < 1.29 is 0 Å². The minimum absolute atomic E-state index is 0.589. The molecule has 1 aliphatic rings. The Morgan fingerprint density at radius 3 is 2.50 bits per heavy atom. The van der Waals surface area contributed by atoms with Crippen LogP contribution in [-0.4, -0.2) is 47.7 Å². The van der Waals surface area contributed by atoms with Crippen molar-refractivity contribution in [1.29, 1.82) is 0 Å². The highest BCUT2D eigenvalue weighted by Gasteiger charge is 2.20. The number of anilines is 3. The first kappa shape index (κ1) is 16.5. The Hall–Kier alpha value is -2.37. The SMILES string of the molecule is Cc1cc(NCC(C)C)nc(N2CCN(c3ccccn3)CC2)n1. The van der Waals surface area contributed by atoms with Gasteiger partial charge in [0.1, 0.15) is 11.6 Å². The zero-order valence-electron chi connectivity index (χ0n) is 14.7. The first-order chi connectivity index (χ1) is 11.6. The molecular formula is C18H26N6. The van der Waals surface area contributed by atoms with Crippen LogP contribution in [0.3, 0.4) is 0 Å². The number of hydrogen-bond acceptors (Lipinski definition) is 6. The van der Waals surface area contributed by atoms with Crippen molar-refractivity contribution >= 4 is 17.6 Å². The smallest absolute Gasteiger partial charge is 0.227 e. The van der Waals surface area contributed by atoms with E-state index in [9.17, 15) is 0 Å². The molecule has 0 atom stereocenters. The average molecular weight is 326 g/mol. The Labute approximate surface area is 143 Å². The van der Waals surface area contributed by atoms with Gasteiger partial charge in [-0.05, 0) is 25.0 Å². The fourth-order valence-electron chi connectivity index (χ4n) is 2.77. The average Bonchev–Trinajstić information content (AvgIpc) is 2.60. The van der Waals surface area contributed by atoms with E-state index in [0.717, 1.165) is 56.0 Å². The van der Waals surface area contributed by atoms with E-state index in [4.69, 9.17) is 4.98 Å². The third-order valence-electron chi connectivity index (χ3n) is 4.07. The molecule has 0 bridgehead atoms. The molecule has 1 aliphatic heterocycles. The second kappa shape index (κ2) is 7.47. The molecule has 6 heteroatoms. The van der Waals surface area contributed by atoms with Gasteiger partial charge in [-0.25, -0.2) is 9.97 Å². The Kier molecular flexibility index (Phi) is 5.13. The number of nitrogens with one attached hydrogen (secondary N) is 1. The van der Waals surface area contributed by atoms with Crippen molar-refractivity contribution in [2.45, 2.75) is 20.8 Å². The number of aromatic nitrogens is 3. The number of rotatable bonds is 5. The van der Waals surface area contributed by atoms with E-state index in [0.29, 0.717) is 5.92 Å². The molecule has 0 amide bonds. The molecule has 1 fully saturated rings. The lowest BCUT2D eigenvalue weighted by molar-refractivity contribution is 0.633. The summed E-state index contributed by atoms with van der Waals surface area (Å²) in [4.78, 5) is 18.3. The summed E-state index contributed by atoms with van der Waals surface area (Å²) < 4.78 is 0. The van der Waals surface area contributed by atoms with Gasteiger partial charge in [-0.3, -0.25) is 0 Å². The van der Waals surface area contributed by atoms with E-state index < -0.39 is 0 Å². The van der Waals surface area contributed by atoms with Gasteiger partial charge >= 0.3 is 0 Å². The minimum atomic E-state index is 0.589. The molecule has 128 valence electrons. The first-order valence-corrected chi connectivity index (χ1v) is 8.62. The predicted octanol–water partition coefficient (Wildman–Crippen LogP) is 2.57. The molecule has 0 saturated carbocycles. The summed E-state index contributed by atoms with van der Waals surface area (Å²) in [5.41, 5.74) is 0.999. The maximum absolute atomic E-state index is 4.70. The lowest BCUT2D eigenvalue weighted by atomic mass is 10.2. The number of hydrogen-bond donors (Lipinski definition) is 1. The van der Waals surface area contributed by atoms with E-state index in [-0.39, 0.29) is 0 Å². The topological polar surface area (TPSA) is 57.2 Å². The summed E-state index contributed by atoms with van der Waals surface area (Å²) in [6, 6.07) is 8.06. The van der Waals surface area contributed by atoms with Crippen LogP contribution in [0.4, 0.5) is 17.6 Å². The number of nitrogens with zero attached hydrogens (tertiary/aromatic N) is 5. The summed E-state index contributed by atoms with van der Waals surface area (Å²) in [6.45, 7) is 11.0. The zero-order valence-corrected chi connectivity index (χ0v) is 14.7. The van der Waals surface area contributed by atoms with Crippen LogP contribution in [0.1, 0.15) is 19.5 Å². The Bertz CT molecular complexity index is 650. The van der Waals surface area contributed by atoms with Crippen LogP contribution in [0.5, 0.6) is 0 Å². The van der Waals surface area contributed by atoms with Crippen molar-refractivity contribution in [3.63, 3.8) is 0 Å². The third kappa shape index (κ3) is 4.13. The molecule has 0 unspecified atom stereocenters. The van der Waals surface area contributed by atoms with E-state index in [1.54, 1.807) is 0 Å². The minimum Gasteiger partial charge on any atom is -0.370 e. The van der Waals surface area contributed by atoms with E-state index in [1.807, 2.05) is 31.3 Å². The van der Waals surface area contributed by atoms with Gasteiger partial charge in [0.2, 0.25) is 5.95 Å². The Balaban J connectivity index is 1.65. The molecule has 0 aromatic carbocycles. The molecule has 3 heterocycles. The van der Waals surface area contributed by atoms with Gasteiger partial charge in [0.15, 0.2) is 0 Å². The maximum atomic E-state index is 4.70. The Morgan fingerprint density at radius 1 is 1.08 bits per heavy atom. The molecule has 3 rings (SSSR count). The Morgan fingerprint density at radius 2 is 1.83 bits per heavy atom. The standard InChI is InChI=1S/C18H26N6/c1-14(2)13-20-16-12-15(3)21-18(22-16)24-10-8-23(9-11-24)17-6-4-5-7-19-17/h4-7,12,14H,8-11,13H2,1-3H3,(H,20,21,22). The van der Waals surface area contributed by atoms with E-state index in [1.165, 1.54) is 0 Å². The molecule has 0 spiro atoms. The number of pyridine rings is 1. The molecule has 0 aliphatic carbocycles. The van der Waals surface area contributed by atoms with Crippen molar-refractivity contribution in [3.8, 4) is 0 Å². The predicted molar refractivity (Wildman–Crippen MR) is 98.8 cm³/mol. The van der Waals surface area contributed by atoms with Gasteiger partial charge in [-0.15, -0.1) is 0 Å². The summed E-state index contributed by atoms with van der Waals surface area (Å²) in [5.74, 6) is 3.37. The highest BCUT2D eigenvalue weighted by molar-refractivity contribution is 5.46. The largest absolute Gasteiger partial charge is 0.370 e. The van der Waals surface area contributed by atoms with Crippen LogP contribution >= 0.6 is 0 Å². The fourth-order valence-corrected chi connectivity index (χ4v) is 2.77. The van der Waals surface area contributed by atoms with Crippen molar-refractivity contribution in [3.05, 3.63) is 36.2 Å². The molecule has 24 heavy (non-hydrogen) atoms. The van der Waals surface area contributed by atoms with Crippen molar-refractivity contribution in [2.24, 2.45) is 5.92 Å². The molecule has 2 aromatic rings. The van der Waals surface area contributed by atoms with Crippen LogP contribution in [0.25, 0.3) is 0 Å². The van der Waals surface area contributed by atoms with Crippen LogP contribution in [0.15, 0.2) is 30.5 Å². The summed E-state index contributed by atoms with van der Waals surface area (Å²) in [6.07, 6.45) is 1.85. The van der Waals surface area contributed by atoms with Gasteiger partial charge in [0.05, 0.1) is 0 Å². The quantitative estimate of drug-likeness (QED) is 0.911. The van der Waals surface area contributed by atoms with Crippen LogP contribution in [0, 0.1) is 12.8 Å². The molecule has 6 nitrogen and oxygen atoms in total. The van der Waals surface area contributed by atoms with Gasteiger partial charge in [-0.2, -0.15) is 4.98 Å². The van der Waals surface area contributed by atoms with Crippen LogP contribution < -0.4 is 15.1 Å². The number of piperazine rings is 1. The second-order valence-corrected chi connectivity index (χ2v) is 6.63. The summed E-state index contributed by atoms with van der Waals surface area (Å²) in [7, 11) is 0.